The van der Waals surface area contributed by atoms with Gasteiger partial charge < -0.3 is 9.64 Å². The molecule has 1 unspecified atom stereocenters. The van der Waals surface area contributed by atoms with Crippen molar-refractivity contribution in [2.75, 3.05) is 39.4 Å². The molecule has 6 nitrogen and oxygen atoms in total. The lowest BCUT2D eigenvalue weighted by atomic mass is 9.84. The van der Waals surface area contributed by atoms with Crippen molar-refractivity contribution in [3.8, 4) is 0 Å². The molecule has 28 heavy (non-hydrogen) atoms. The summed E-state index contributed by atoms with van der Waals surface area (Å²) in [5.41, 5.74) is 2.32. The number of nitrogens with zero attached hydrogens (tertiary/aromatic N) is 3. The van der Waals surface area contributed by atoms with Gasteiger partial charge in [0.15, 0.2) is 0 Å². The van der Waals surface area contributed by atoms with Crippen LogP contribution in [0.5, 0.6) is 0 Å². The molecular formula is C20H30F2N4O2. The summed E-state index contributed by atoms with van der Waals surface area (Å²) in [6, 6.07) is 0. The molecule has 1 atom stereocenters. The zero-order valence-corrected chi connectivity index (χ0v) is 16.3. The van der Waals surface area contributed by atoms with Crippen molar-refractivity contribution in [3.63, 3.8) is 0 Å². The predicted molar refractivity (Wildman–Crippen MR) is 100 cm³/mol. The van der Waals surface area contributed by atoms with Crippen LogP contribution in [-0.4, -0.2) is 71.2 Å². The molecule has 1 aromatic heterocycles. The summed E-state index contributed by atoms with van der Waals surface area (Å²) in [5.74, 6) is -2.53. The number of nitrogens with one attached hydrogen (secondary N) is 1. The Morgan fingerprint density at radius 1 is 1.21 bits per heavy atom. The average Bonchev–Trinajstić information content (AvgIpc) is 3.16. The number of aromatic nitrogens is 2. The molecule has 1 amide bonds. The third-order valence-corrected chi connectivity index (χ3v) is 6.46. The Bertz CT molecular complexity index is 665. The van der Waals surface area contributed by atoms with Gasteiger partial charge in [0.05, 0.1) is 19.4 Å². The van der Waals surface area contributed by atoms with E-state index in [1.807, 2.05) is 11.1 Å². The molecule has 3 fully saturated rings. The fourth-order valence-electron chi connectivity index (χ4n) is 4.76. The monoisotopic (exact) mass is 396 g/mol. The summed E-state index contributed by atoms with van der Waals surface area (Å²) in [6.07, 6.45) is 4.14. The van der Waals surface area contributed by atoms with E-state index in [-0.39, 0.29) is 30.6 Å². The highest BCUT2D eigenvalue weighted by Crippen LogP contribution is 2.38. The van der Waals surface area contributed by atoms with E-state index in [1.165, 1.54) is 5.56 Å². The second-order valence-electron chi connectivity index (χ2n) is 8.45. The average molecular weight is 396 g/mol. The van der Waals surface area contributed by atoms with Crippen molar-refractivity contribution in [2.45, 2.75) is 56.9 Å². The molecule has 2 saturated heterocycles. The minimum Gasteiger partial charge on any atom is -0.379 e. The predicted octanol–water partition coefficient (Wildman–Crippen LogP) is 2.77. The molecule has 1 aliphatic carbocycles. The van der Waals surface area contributed by atoms with E-state index in [2.05, 4.69) is 15.1 Å². The Balaban J connectivity index is 1.37. The quantitative estimate of drug-likeness (QED) is 0.850. The van der Waals surface area contributed by atoms with E-state index in [9.17, 15) is 13.6 Å². The van der Waals surface area contributed by atoms with E-state index >= 15 is 0 Å². The molecule has 1 saturated carbocycles. The summed E-state index contributed by atoms with van der Waals surface area (Å²) in [7, 11) is 0. The number of hydrogen-bond donors (Lipinski definition) is 1. The van der Waals surface area contributed by atoms with Gasteiger partial charge in [0.1, 0.15) is 0 Å². The fourth-order valence-corrected chi connectivity index (χ4v) is 4.76. The summed E-state index contributed by atoms with van der Waals surface area (Å²) in [4.78, 5) is 17.2. The fraction of sp³-hybridized carbons (Fsp3) is 0.800. The van der Waals surface area contributed by atoms with E-state index in [0.717, 1.165) is 57.9 Å². The second-order valence-corrected chi connectivity index (χ2v) is 8.45. The first-order valence-corrected chi connectivity index (χ1v) is 10.5. The third-order valence-electron chi connectivity index (χ3n) is 6.46. The molecule has 8 heteroatoms. The van der Waals surface area contributed by atoms with Gasteiger partial charge in [-0.25, -0.2) is 8.78 Å². The lowest BCUT2D eigenvalue weighted by Crippen LogP contribution is -2.44. The zero-order chi connectivity index (χ0) is 19.6. The van der Waals surface area contributed by atoms with Crippen molar-refractivity contribution in [2.24, 2.45) is 5.92 Å². The van der Waals surface area contributed by atoms with Crippen molar-refractivity contribution in [3.05, 3.63) is 17.5 Å². The van der Waals surface area contributed by atoms with Crippen LogP contribution in [0.15, 0.2) is 6.20 Å². The second kappa shape index (κ2) is 8.45. The number of hydrogen-bond acceptors (Lipinski definition) is 4. The number of piperidine rings is 1. The van der Waals surface area contributed by atoms with Crippen LogP contribution in [0.25, 0.3) is 0 Å². The van der Waals surface area contributed by atoms with Gasteiger partial charge in [-0.05, 0) is 25.7 Å². The molecule has 2 aliphatic heterocycles. The van der Waals surface area contributed by atoms with Gasteiger partial charge in [-0.1, -0.05) is 0 Å². The van der Waals surface area contributed by atoms with Crippen molar-refractivity contribution < 1.29 is 18.3 Å². The Morgan fingerprint density at radius 3 is 2.71 bits per heavy atom. The number of carbonyl (C=O) groups excluding carboxylic acids is 1. The van der Waals surface area contributed by atoms with Gasteiger partial charge in [0, 0.05) is 68.7 Å². The number of amides is 1. The minimum atomic E-state index is -2.59. The molecule has 156 valence electrons. The number of alkyl halides is 2. The highest BCUT2D eigenvalue weighted by atomic mass is 19.3. The van der Waals surface area contributed by atoms with Gasteiger partial charge in [-0.15, -0.1) is 0 Å². The number of carbonyl (C=O) groups is 1. The van der Waals surface area contributed by atoms with Crippen LogP contribution < -0.4 is 0 Å². The largest absolute Gasteiger partial charge is 0.379 e. The van der Waals surface area contributed by atoms with Gasteiger partial charge in [0.25, 0.3) is 0 Å². The van der Waals surface area contributed by atoms with E-state index in [0.29, 0.717) is 19.4 Å². The Morgan fingerprint density at radius 2 is 1.96 bits per heavy atom. The number of H-pyrrole nitrogens is 1. The molecule has 0 aromatic carbocycles. The number of rotatable bonds is 4. The molecule has 3 heterocycles. The third kappa shape index (κ3) is 4.54. The summed E-state index contributed by atoms with van der Waals surface area (Å²) in [6.45, 7) is 5.60. The maximum Gasteiger partial charge on any atom is 0.248 e. The number of halogens is 2. The van der Waals surface area contributed by atoms with E-state index < -0.39 is 5.92 Å². The van der Waals surface area contributed by atoms with Gasteiger partial charge in [-0.3, -0.25) is 14.8 Å². The molecule has 4 rings (SSSR count). The van der Waals surface area contributed by atoms with Crippen LogP contribution in [0.3, 0.4) is 0 Å². The van der Waals surface area contributed by atoms with Crippen LogP contribution in [-0.2, 0) is 16.1 Å². The molecule has 1 aromatic rings. The molecule has 0 spiro atoms. The zero-order valence-electron chi connectivity index (χ0n) is 16.3. The number of aromatic amines is 1. The molecule has 0 radical (unpaired) electrons. The maximum absolute atomic E-state index is 13.4. The van der Waals surface area contributed by atoms with Crippen LogP contribution in [0.1, 0.15) is 55.7 Å². The molecule has 3 aliphatic rings. The Kier molecular flexibility index (Phi) is 5.96. The van der Waals surface area contributed by atoms with Gasteiger partial charge in [-0.2, -0.15) is 5.10 Å². The molecular weight excluding hydrogens is 366 g/mol. The first-order chi connectivity index (χ1) is 13.5. The summed E-state index contributed by atoms with van der Waals surface area (Å²) < 4.78 is 32.3. The first kappa shape index (κ1) is 19.8. The number of likely N-dealkylation sites (tertiary alicyclic amines) is 1. The maximum atomic E-state index is 13.4. The summed E-state index contributed by atoms with van der Waals surface area (Å²) in [5, 5.41) is 7.44. The molecule has 1 N–H and O–H groups in total. The highest BCUT2D eigenvalue weighted by Gasteiger charge is 2.39. The lowest BCUT2D eigenvalue weighted by Gasteiger charge is -2.37. The van der Waals surface area contributed by atoms with Crippen molar-refractivity contribution in [1.29, 1.82) is 0 Å². The van der Waals surface area contributed by atoms with Crippen LogP contribution in [0.4, 0.5) is 8.78 Å². The topological polar surface area (TPSA) is 61.5 Å². The smallest absolute Gasteiger partial charge is 0.248 e. The highest BCUT2D eigenvalue weighted by molar-refractivity contribution is 5.79. The summed E-state index contributed by atoms with van der Waals surface area (Å²) >= 11 is 0. The Hall–Kier alpha value is -1.54. The van der Waals surface area contributed by atoms with E-state index in [1.54, 1.807) is 0 Å². The lowest BCUT2D eigenvalue weighted by molar-refractivity contribution is -0.140. The molecule has 0 bridgehead atoms. The van der Waals surface area contributed by atoms with Crippen LogP contribution in [0, 0.1) is 5.92 Å². The van der Waals surface area contributed by atoms with Crippen LogP contribution >= 0.6 is 0 Å². The number of morpholine rings is 1. The number of ether oxygens (including phenoxy) is 1. The first-order valence-electron chi connectivity index (χ1n) is 10.5. The normalized spacial score (nSPS) is 27.1. The van der Waals surface area contributed by atoms with Gasteiger partial charge in [0.2, 0.25) is 11.8 Å². The SMILES string of the molecule is O=C(C1CCC(F)(F)CC1)N1CCCC(c2[nH]ncc2CN2CCOCC2)C1. The van der Waals surface area contributed by atoms with E-state index in [4.69, 9.17) is 4.74 Å². The minimum absolute atomic E-state index is 0.0643. The van der Waals surface area contributed by atoms with Crippen molar-refractivity contribution >= 4 is 5.91 Å². The van der Waals surface area contributed by atoms with Crippen LogP contribution in [0.2, 0.25) is 0 Å². The van der Waals surface area contributed by atoms with Gasteiger partial charge >= 0.3 is 0 Å². The Labute approximate surface area is 164 Å². The standard InChI is InChI=1S/C20H30F2N4O2/c21-20(22)5-3-15(4-6-20)19(27)26-7-1-2-16(14-26)18-17(12-23-24-18)13-25-8-10-28-11-9-25/h12,15-16H,1-11,13-14H2,(H,23,24). The van der Waals surface area contributed by atoms with Crippen molar-refractivity contribution in [1.82, 2.24) is 20.0 Å².